The van der Waals surface area contributed by atoms with Crippen molar-refractivity contribution in [3.05, 3.63) is 27.2 Å². The van der Waals surface area contributed by atoms with Gasteiger partial charge in [-0.15, -0.1) is 0 Å². The van der Waals surface area contributed by atoms with Crippen molar-refractivity contribution in [1.29, 1.82) is 0 Å². The first-order chi connectivity index (χ1) is 12.2. The quantitative estimate of drug-likeness (QED) is 0.935. The lowest BCUT2D eigenvalue weighted by Crippen LogP contribution is -2.34. The van der Waals surface area contributed by atoms with Gasteiger partial charge in [0.25, 0.3) is 5.56 Å². The van der Waals surface area contributed by atoms with Crippen LogP contribution in [0.1, 0.15) is 61.3 Å². The number of fused-ring (bicyclic) bond motifs is 3. The van der Waals surface area contributed by atoms with E-state index in [0.717, 1.165) is 36.4 Å². The molecule has 0 unspecified atom stereocenters. The number of aromatic amines is 1. The summed E-state index contributed by atoms with van der Waals surface area (Å²) in [7, 11) is 1.97. The molecule has 25 heavy (non-hydrogen) atoms. The second-order valence-corrected chi connectivity index (χ2v) is 8.37. The highest BCUT2D eigenvalue weighted by Gasteiger charge is 2.30. The van der Waals surface area contributed by atoms with E-state index in [4.69, 9.17) is 5.10 Å². The molecule has 1 saturated carbocycles. The monoisotopic (exact) mass is 340 g/mol. The van der Waals surface area contributed by atoms with Crippen LogP contribution in [-0.4, -0.2) is 39.3 Å². The number of pyridine rings is 1. The van der Waals surface area contributed by atoms with Crippen molar-refractivity contribution in [2.45, 2.75) is 57.3 Å². The van der Waals surface area contributed by atoms with Crippen LogP contribution >= 0.6 is 0 Å². The van der Waals surface area contributed by atoms with Gasteiger partial charge in [-0.3, -0.25) is 9.48 Å². The molecule has 2 aliphatic carbocycles. The van der Waals surface area contributed by atoms with Crippen LogP contribution in [0.2, 0.25) is 0 Å². The van der Waals surface area contributed by atoms with E-state index in [1.165, 1.54) is 68.4 Å². The molecule has 2 aromatic heterocycles. The normalized spacial score (nSPS) is 22.4. The predicted molar refractivity (Wildman–Crippen MR) is 99.1 cm³/mol. The summed E-state index contributed by atoms with van der Waals surface area (Å²) in [6.07, 6.45) is 9.56. The molecule has 2 aromatic rings. The Kier molecular flexibility index (Phi) is 3.73. The Labute approximate surface area is 148 Å². The molecule has 5 rings (SSSR count). The largest absolute Gasteiger partial charge is 0.307 e. The van der Waals surface area contributed by atoms with Crippen molar-refractivity contribution < 1.29 is 0 Å². The Balaban J connectivity index is 1.50. The fraction of sp³-hybridized carbons (Fsp3) is 0.700. The van der Waals surface area contributed by atoms with Gasteiger partial charge in [-0.2, -0.15) is 5.10 Å². The smallest absolute Gasteiger partial charge is 0.253 e. The first-order valence-electron chi connectivity index (χ1n) is 10.0. The van der Waals surface area contributed by atoms with E-state index in [0.29, 0.717) is 5.92 Å². The SMILES string of the molecule is Cn1nc(C2CCN(CC3CC3)CC2)c2c3c(c(=O)[nH]c21)CCCC3. The predicted octanol–water partition coefficient (Wildman–Crippen LogP) is 2.73. The standard InChI is InChI=1S/C20H28N4O/c1-23-19-17(15-4-2-3-5-16(15)20(25)21-19)18(22-23)14-8-10-24(11-9-14)12-13-6-7-13/h13-14H,2-12H2,1H3,(H,21,25). The van der Waals surface area contributed by atoms with E-state index >= 15 is 0 Å². The Bertz CT molecular complexity index is 853. The number of H-pyrrole nitrogens is 1. The van der Waals surface area contributed by atoms with Crippen LogP contribution in [0.4, 0.5) is 0 Å². The number of hydrogen-bond donors (Lipinski definition) is 1. The fourth-order valence-corrected chi connectivity index (χ4v) is 4.94. The fourth-order valence-electron chi connectivity index (χ4n) is 4.94. The molecule has 1 N–H and O–H groups in total. The van der Waals surface area contributed by atoms with Crippen LogP contribution in [0.25, 0.3) is 11.0 Å². The molecule has 0 spiro atoms. The van der Waals surface area contributed by atoms with Crippen LogP contribution in [-0.2, 0) is 19.9 Å². The molecule has 0 atom stereocenters. The molecule has 134 valence electrons. The average Bonchev–Trinajstić information content (AvgIpc) is 3.39. The molecular formula is C20H28N4O. The Hall–Kier alpha value is -1.62. The number of nitrogens with zero attached hydrogens (tertiary/aromatic N) is 3. The van der Waals surface area contributed by atoms with Crippen molar-refractivity contribution >= 4 is 11.0 Å². The molecule has 3 aliphatic rings. The van der Waals surface area contributed by atoms with E-state index < -0.39 is 0 Å². The van der Waals surface area contributed by atoms with E-state index in [-0.39, 0.29) is 5.56 Å². The highest BCUT2D eigenvalue weighted by Crippen LogP contribution is 2.37. The molecule has 1 aliphatic heterocycles. The van der Waals surface area contributed by atoms with Gasteiger partial charge in [-0.1, -0.05) is 0 Å². The lowest BCUT2D eigenvalue weighted by molar-refractivity contribution is 0.203. The average molecular weight is 340 g/mol. The van der Waals surface area contributed by atoms with Crippen LogP contribution in [0.5, 0.6) is 0 Å². The van der Waals surface area contributed by atoms with Gasteiger partial charge in [0.2, 0.25) is 0 Å². The first kappa shape index (κ1) is 15.6. The molecule has 3 heterocycles. The Morgan fingerprint density at radius 3 is 2.52 bits per heavy atom. The lowest BCUT2D eigenvalue weighted by atomic mass is 9.86. The molecule has 0 amide bonds. The minimum absolute atomic E-state index is 0.107. The number of hydrogen-bond acceptors (Lipinski definition) is 3. The molecule has 0 bridgehead atoms. The van der Waals surface area contributed by atoms with Crippen molar-refractivity contribution in [1.82, 2.24) is 19.7 Å². The maximum atomic E-state index is 12.5. The minimum atomic E-state index is 0.107. The summed E-state index contributed by atoms with van der Waals surface area (Å²) in [5.74, 6) is 1.51. The van der Waals surface area contributed by atoms with E-state index in [1.807, 2.05) is 11.7 Å². The van der Waals surface area contributed by atoms with Gasteiger partial charge >= 0.3 is 0 Å². The number of aromatic nitrogens is 3. The third-order valence-electron chi connectivity index (χ3n) is 6.54. The molecule has 0 aromatic carbocycles. The van der Waals surface area contributed by atoms with Crippen molar-refractivity contribution in [2.24, 2.45) is 13.0 Å². The zero-order valence-corrected chi connectivity index (χ0v) is 15.2. The highest BCUT2D eigenvalue weighted by molar-refractivity contribution is 5.84. The summed E-state index contributed by atoms with van der Waals surface area (Å²) in [6, 6.07) is 0. The third-order valence-corrected chi connectivity index (χ3v) is 6.54. The van der Waals surface area contributed by atoms with Gasteiger partial charge in [0.15, 0.2) is 0 Å². The minimum Gasteiger partial charge on any atom is -0.307 e. The number of aryl methyl sites for hydroxylation is 2. The van der Waals surface area contributed by atoms with Gasteiger partial charge < -0.3 is 9.88 Å². The molecule has 1 saturated heterocycles. The van der Waals surface area contributed by atoms with Gasteiger partial charge in [0.1, 0.15) is 5.65 Å². The van der Waals surface area contributed by atoms with Crippen LogP contribution < -0.4 is 5.56 Å². The summed E-state index contributed by atoms with van der Waals surface area (Å²) in [4.78, 5) is 18.2. The second-order valence-electron chi connectivity index (χ2n) is 8.37. The lowest BCUT2D eigenvalue weighted by Gasteiger charge is -2.31. The molecular weight excluding hydrogens is 312 g/mol. The summed E-state index contributed by atoms with van der Waals surface area (Å²) < 4.78 is 1.90. The van der Waals surface area contributed by atoms with E-state index in [1.54, 1.807) is 0 Å². The number of nitrogens with one attached hydrogen (secondary N) is 1. The maximum Gasteiger partial charge on any atom is 0.253 e. The van der Waals surface area contributed by atoms with Crippen molar-refractivity contribution in [3.8, 4) is 0 Å². The number of rotatable bonds is 3. The highest BCUT2D eigenvalue weighted by atomic mass is 16.1. The summed E-state index contributed by atoms with van der Waals surface area (Å²) >= 11 is 0. The zero-order valence-electron chi connectivity index (χ0n) is 15.2. The maximum absolute atomic E-state index is 12.5. The van der Waals surface area contributed by atoms with E-state index in [2.05, 4.69) is 9.88 Å². The number of piperidine rings is 1. The topological polar surface area (TPSA) is 53.9 Å². The molecule has 2 fully saturated rings. The molecule has 5 heteroatoms. The van der Waals surface area contributed by atoms with Gasteiger partial charge in [0, 0.05) is 30.5 Å². The number of likely N-dealkylation sites (tertiary alicyclic amines) is 1. The zero-order chi connectivity index (χ0) is 17.0. The second kappa shape index (κ2) is 5.97. The van der Waals surface area contributed by atoms with Gasteiger partial charge in [-0.25, -0.2) is 0 Å². The van der Waals surface area contributed by atoms with Gasteiger partial charge in [0.05, 0.1) is 5.69 Å². The van der Waals surface area contributed by atoms with Crippen molar-refractivity contribution in [2.75, 3.05) is 19.6 Å². The van der Waals surface area contributed by atoms with Crippen LogP contribution in [0.3, 0.4) is 0 Å². The van der Waals surface area contributed by atoms with Gasteiger partial charge in [-0.05, 0) is 75.9 Å². The third kappa shape index (κ3) is 2.73. The Morgan fingerprint density at radius 1 is 1.08 bits per heavy atom. The summed E-state index contributed by atoms with van der Waals surface area (Å²) in [5, 5.41) is 6.16. The van der Waals surface area contributed by atoms with Crippen LogP contribution in [0.15, 0.2) is 4.79 Å². The van der Waals surface area contributed by atoms with Crippen molar-refractivity contribution in [3.63, 3.8) is 0 Å². The van der Waals surface area contributed by atoms with Crippen LogP contribution in [0, 0.1) is 5.92 Å². The molecule has 5 nitrogen and oxygen atoms in total. The summed E-state index contributed by atoms with van der Waals surface area (Å²) in [5.41, 5.74) is 4.61. The van der Waals surface area contributed by atoms with E-state index in [9.17, 15) is 4.79 Å². The Morgan fingerprint density at radius 2 is 1.80 bits per heavy atom. The first-order valence-corrected chi connectivity index (χ1v) is 10.0. The summed E-state index contributed by atoms with van der Waals surface area (Å²) in [6.45, 7) is 3.70. The molecule has 0 radical (unpaired) electrons.